The number of carbonyl (C=O) groups is 1. The second-order valence-electron chi connectivity index (χ2n) is 5.71. The lowest BCUT2D eigenvalue weighted by atomic mass is 10.2. The minimum atomic E-state index is -0.0852. The van der Waals surface area contributed by atoms with Crippen LogP contribution in [0.3, 0.4) is 0 Å². The molecule has 0 aromatic heterocycles. The first-order chi connectivity index (χ1) is 13.0. The van der Waals surface area contributed by atoms with Crippen molar-refractivity contribution >= 4 is 51.7 Å². The van der Waals surface area contributed by atoms with Crippen LogP contribution in [0.2, 0.25) is 0 Å². The highest BCUT2D eigenvalue weighted by Gasteiger charge is 2.34. The zero-order valence-electron chi connectivity index (χ0n) is 15.8. The van der Waals surface area contributed by atoms with Crippen molar-refractivity contribution in [3.63, 3.8) is 0 Å². The van der Waals surface area contributed by atoms with Gasteiger partial charge in [0, 0.05) is 30.1 Å². The maximum absolute atomic E-state index is 12.7. The van der Waals surface area contributed by atoms with Gasteiger partial charge in [0.1, 0.15) is 20.7 Å². The number of carbonyl (C=O) groups excluding carboxylic acids is 1. The maximum Gasteiger partial charge on any atom is 0.269 e. The molecule has 1 saturated heterocycles. The standard InChI is InChI=1S/C19H22N2O3S3/c1-5-20-13-10-12(23-4)8-9-15(13)26-16(20)11-14(24-7-3)17-18(22)21(6-2)19(25)27-17/h8-11H,5-7H2,1-4H3. The van der Waals surface area contributed by atoms with Gasteiger partial charge in [-0.3, -0.25) is 9.69 Å². The number of nitrogens with zero attached hydrogens (tertiary/aromatic N) is 2. The quantitative estimate of drug-likeness (QED) is 0.377. The summed E-state index contributed by atoms with van der Waals surface area (Å²) < 4.78 is 11.8. The van der Waals surface area contributed by atoms with Gasteiger partial charge < -0.3 is 14.4 Å². The average molecular weight is 423 g/mol. The molecule has 1 aromatic rings. The molecule has 2 aliphatic heterocycles. The van der Waals surface area contributed by atoms with Crippen LogP contribution in [-0.2, 0) is 9.53 Å². The Hall–Kier alpha value is -1.64. The summed E-state index contributed by atoms with van der Waals surface area (Å²) in [6, 6.07) is 6.04. The van der Waals surface area contributed by atoms with E-state index in [1.807, 2.05) is 32.1 Å². The summed E-state index contributed by atoms with van der Waals surface area (Å²) in [7, 11) is 1.67. The van der Waals surface area contributed by atoms with E-state index in [-0.39, 0.29) is 5.91 Å². The summed E-state index contributed by atoms with van der Waals surface area (Å²) in [6.45, 7) is 7.77. The number of rotatable bonds is 6. The van der Waals surface area contributed by atoms with Crippen molar-refractivity contribution in [3.8, 4) is 5.75 Å². The average Bonchev–Trinajstić information content (AvgIpc) is 3.16. The van der Waals surface area contributed by atoms with Crippen molar-refractivity contribution in [2.24, 2.45) is 0 Å². The van der Waals surface area contributed by atoms with Crippen molar-refractivity contribution in [1.29, 1.82) is 0 Å². The Labute approximate surface area is 173 Å². The number of thiocarbonyl (C=S) groups is 1. The molecule has 27 heavy (non-hydrogen) atoms. The summed E-state index contributed by atoms with van der Waals surface area (Å²) in [5, 5.41) is 1.02. The van der Waals surface area contributed by atoms with Gasteiger partial charge in [-0.25, -0.2) is 0 Å². The molecule has 0 radical (unpaired) electrons. The molecule has 0 spiro atoms. The summed E-state index contributed by atoms with van der Waals surface area (Å²) in [5.74, 6) is 1.31. The zero-order chi connectivity index (χ0) is 19.6. The molecule has 1 amide bonds. The van der Waals surface area contributed by atoms with E-state index >= 15 is 0 Å². The fourth-order valence-corrected chi connectivity index (χ4v) is 5.42. The third-order valence-electron chi connectivity index (χ3n) is 4.20. The number of ether oxygens (including phenoxy) is 2. The van der Waals surface area contributed by atoms with Crippen LogP contribution in [0.4, 0.5) is 5.69 Å². The normalized spacial score (nSPS) is 19.8. The lowest BCUT2D eigenvalue weighted by Crippen LogP contribution is -2.27. The van der Waals surface area contributed by atoms with Crippen LogP contribution in [-0.4, -0.2) is 41.9 Å². The molecule has 1 aromatic carbocycles. The molecule has 0 saturated carbocycles. The van der Waals surface area contributed by atoms with Gasteiger partial charge in [-0.05, 0) is 32.9 Å². The molecular weight excluding hydrogens is 400 g/mol. The highest BCUT2D eigenvalue weighted by atomic mass is 32.2. The van der Waals surface area contributed by atoms with Crippen molar-refractivity contribution in [3.05, 3.63) is 40.0 Å². The van der Waals surface area contributed by atoms with Gasteiger partial charge in [0.2, 0.25) is 0 Å². The van der Waals surface area contributed by atoms with E-state index in [9.17, 15) is 4.79 Å². The van der Waals surface area contributed by atoms with Crippen LogP contribution in [0.5, 0.6) is 5.75 Å². The molecule has 0 unspecified atom stereocenters. The van der Waals surface area contributed by atoms with Gasteiger partial charge in [-0.2, -0.15) is 0 Å². The topological polar surface area (TPSA) is 42.0 Å². The second-order valence-corrected chi connectivity index (χ2v) is 8.41. The summed E-state index contributed by atoms with van der Waals surface area (Å²) in [5.41, 5.74) is 1.10. The molecule has 0 atom stereocenters. The number of anilines is 1. The molecule has 0 bridgehead atoms. The Balaban J connectivity index is 2.01. The van der Waals surface area contributed by atoms with E-state index in [0.717, 1.165) is 27.9 Å². The van der Waals surface area contributed by atoms with Crippen LogP contribution < -0.4 is 9.64 Å². The molecule has 144 valence electrons. The molecule has 0 N–H and O–H groups in total. The number of fused-ring (bicyclic) bond motifs is 1. The van der Waals surface area contributed by atoms with Crippen LogP contribution >= 0.6 is 35.7 Å². The zero-order valence-corrected chi connectivity index (χ0v) is 18.2. The first-order valence-electron chi connectivity index (χ1n) is 8.79. The smallest absolute Gasteiger partial charge is 0.269 e. The fraction of sp³-hybridized carbons (Fsp3) is 0.368. The van der Waals surface area contributed by atoms with Crippen molar-refractivity contribution < 1.29 is 14.3 Å². The molecule has 1 fully saturated rings. The highest BCUT2D eigenvalue weighted by Crippen LogP contribution is 2.48. The van der Waals surface area contributed by atoms with Crippen LogP contribution in [0.1, 0.15) is 20.8 Å². The van der Waals surface area contributed by atoms with Crippen molar-refractivity contribution in [2.45, 2.75) is 25.7 Å². The van der Waals surface area contributed by atoms with Crippen molar-refractivity contribution in [2.75, 3.05) is 31.7 Å². The minimum Gasteiger partial charge on any atom is -0.497 e. The SMILES string of the molecule is CCOC(C=C1Sc2ccc(OC)cc2N1CC)=C1SC(=S)N(CC)C1=O. The molecular formula is C19H22N2O3S3. The lowest BCUT2D eigenvalue weighted by Gasteiger charge is -2.19. The Kier molecular flexibility index (Phi) is 6.39. The first-order valence-corrected chi connectivity index (χ1v) is 10.8. The van der Waals surface area contributed by atoms with E-state index in [1.165, 1.54) is 11.8 Å². The van der Waals surface area contributed by atoms with Gasteiger partial charge in [0.15, 0.2) is 0 Å². The monoisotopic (exact) mass is 422 g/mol. The number of benzene rings is 1. The Morgan fingerprint density at radius 1 is 1.19 bits per heavy atom. The van der Waals surface area contributed by atoms with E-state index in [0.29, 0.717) is 28.1 Å². The van der Waals surface area contributed by atoms with E-state index in [1.54, 1.807) is 23.8 Å². The molecule has 0 aliphatic carbocycles. The molecule has 2 heterocycles. The molecule has 5 nitrogen and oxygen atoms in total. The van der Waals surface area contributed by atoms with Crippen LogP contribution in [0, 0.1) is 0 Å². The summed E-state index contributed by atoms with van der Waals surface area (Å²) in [4.78, 5) is 18.2. The molecule has 3 rings (SSSR count). The summed E-state index contributed by atoms with van der Waals surface area (Å²) >= 11 is 8.30. The number of hydrogen-bond donors (Lipinski definition) is 0. The van der Waals surface area contributed by atoms with Gasteiger partial charge in [-0.1, -0.05) is 35.7 Å². The van der Waals surface area contributed by atoms with Gasteiger partial charge in [0.25, 0.3) is 5.91 Å². The Bertz CT molecular complexity index is 835. The van der Waals surface area contributed by atoms with Crippen molar-refractivity contribution in [1.82, 2.24) is 4.90 Å². The predicted octanol–water partition coefficient (Wildman–Crippen LogP) is 4.60. The van der Waals surface area contributed by atoms with Crippen LogP contribution in [0.15, 0.2) is 44.9 Å². The lowest BCUT2D eigenvalue weighted by molar-refractivity contribution is -0.122. The molecule has 8 heteroatoms. The number of thioether (sulfide) groups is 2. The van der Waals surface area contributed by atoms with Gasteiger partial charge in [0.05, 0.1) is 24.4 Å². The third-order valence-corrected chi connectivity index (χ3v) is 6.76. The van der Waals surface area contributed by atoms with Gasteiger partial charge in [-0.15, -0.1) is 0 Å². The first kappa shape index (κ1) is 20.1. The number of allylic oxidation sites excluding steroid dienone is 1. The van der Waals surface area contributed by atoms with E-state index in [2.05, 4.69) is 17.9 Å². The van der Waals surface area contributed by atoms with E-state index < -0.39 is 0 Å². The minimum absolute atomic E-state index is 0.0852. The van der Waals surface area contributed by atoms with Gasteiger partial charge >= 0.3 is 0 Å². The Morgan fingerprint density at radius 2 is 1.93 bits per heavy atom. The van der Waals surface area contributed by atoms with Crippen LogP contribution in [0.25, 0.3) is 0 Å². The summed E-state index contributed by atoms with van der Waals surface area (Å²) in [6.07, 6.45) is 1.95. The largest absolute Gasteiger partial charge is 0.497 e. The Morgan fingerprint density at radius 3 is 2.52 bits per heavy atom. The fourth-order valence-electron chi connectivity index (χ4n) is 2.90. The second kappa shape index (κ2) is 8.58. The highest BCUT2D eigenvalue weighted by molar-refractivity contribution is 8.26. The predicted molar refractivity (Wildman–Crippen MR) is 116 cm³/mol. The van der Waals surface area contributed by atoms with E-state index in [4.69, 9.17) is 21.7 Å². The number of likely N-dealkylation sites (N-methyl/N-ethyl adjacent to an activating group) is 1. The number of amides is 1. The molecule has 2 aliphatic rings. The third kappa shape index (κ3) is 3.83. The number of hydrogen-bond acceptors (Lipinski definition) is 7. The number of methoxy groups -OCH3 is 1. The maximum atomic E-state index is 12.7.